The highest BCUT2D eigenvalue weighted by Gasteiger charge is 2.20. The van der Waals surface area contributed by atoms with Crippen molar-refractivity contribution in [1.29, 1.82) is 0 Å². The summed E-state index contributed by atoms with van der Waals surface area (Å²) in [5.74, 6) is -0.358. The molecule has 0 aliphatic rings. The van der Waals surface area contributed by atoms with Crippen molar-refractivity contribution in [2.24, 2.45) is 0 Å². The summed E-state index contributed by atoms with van der Waals surface area (Å²) in [6, 6.07) is 7.17. The molecular weight excluding hydrogens is 246 g/mol. The zero-order valence-electron chi connectivity index (χ0n) is 10.8. The SMILES string of the molecule is CCCn1nnc(C(=O)O)c1-c1ccc(OC)cc1. The number of ether oxygens (including phenoxy) is 1. The highest BCUT2D eigenvalue weighted by atomic mass is 16.5. The van der Waals surface area contributed by atoms with E-state index in [9.17, 15) is 4.79 Å². The van der Waals surface area contributed by atoms with E-state index >= 15 is 0 Å². The molecule has 1 aromatic heterocycles. The van der Waals surface area contributed by atoms with Crippen molar-refractivity contribution in [3.05, 3.63) is 30.0 Å². The first-order chi connectivity index (χ1) is 9.17. The number of hydrogen-bond donors (Lipinski definition) is 1. The Morgan fingerprint density at radius 3 is 2.58 bits per heavy atom. The zero-order chi connectivity index (χ0) is 13.8. The van der Waals surface area contributed by atoms with Crippen molar-refractivity contribution < 1.29 is 14.6 Å². The van der Waals surface area contributed by atoms with Crippen LogP contribution in [-0.4, -0.2) is 33.2 Å². The third-order valence-electron chi connectivity index (χ3n) is 2.74. The molecule has 0 aliphatic heterocycles. The molecule has 6 heteroatoms. The highest BCUT2D eigenvalue weighted by Crippen LogP contribution is 2.25. The minimum absolute atomic E-state index is 0.0291. The van der Waals surface area contributed by atoms with Crippen molar-refractivity contribution in [3.8, 4) is 17.0 Å². The minimum atomic E-state index is -1.08. The molecule has 0 radical (unpaired) electrons. The fourth-order valence-corrected chi connectivity index (χ4v) is 1.86. The summed E-state index contributed by atoms with van der Waals surface area (Å²) in [5, 5.41) is 16.8. The maximum atomic E-state index is 11.2. The van der Waals surface area contributed by atoms with E-state index in [0.29, 0.717) is 12.2 Å². The van der Waals surface area contributed by atoms with Gasteiger partial charge in [0.15, 0.2) is 5.69 Å². The first-order valence-corrected chi connectivity index (χ1v) is 5.98. The van der Waals surface area contributed by atoms with Crippen LogP contribution in [0.5, 0.6) is 5.75 Å². The van der Waals surface area contributed by atoms with Gasteiger partial charge in [-0.25, -0.2) is 9.48 Å². The van der Waals surface area contributed by atoms with Crippen LogP contribution < -0.4 is 4.74 Å². The van der Waals surface area contributed by atoms with E-state index in [0.717, 1.165) is 17.7 Å². The van der Waals surface area contributed by atoms with Gasteiger partial charge in [0.25, 0.3) is 0 Å². The molecule has 1 aromatic carbocycles. The summed E-state index contributed by atoms with van der Waals surface area (Å²) in [6.07, 6.45) is 0.853. The molecule has 0 bridgehead atoms. The Labute approximate surface area is 110 Å². The number of methoxy groups -OCH3 is 1. The van der Waals surface area contributed by atoms with Gasteiger partial charge in [0.2, 0.25) is 0 Å². The molecule has 0 spiro atoms. The molecule has 2 aromatic rings. The molecule has 0 fully saturated rings. The summed E-state index contributed by atoms with van der Waals surface area (Å²) >= 11 is 0. The Hall–Kier alpha value is -2.37. The van der Waals surface area contributed by atoms with Crippen LogP contribution in [0.15, 0.2) is 24.3 Å². The quantitative estimate of drug-likeness (QED) is 0.891. The summed E-state index contributed by atoms with van der Waals surface area (Å²) < 4.78 is 6.70. The lowest BCUT2D eigenvalue weighted by molar-refractivity contribution is 0.0691. The molecule has 0 amide bonds. The number of aryl methyl sites for hydroxylation is 1. The van der Waals surface area contributed by atoms with Gasteiger partial charge in [0, 0.05) is 12.1 Å². The van der Waals surface area contributed by atoms with E-state index in [4.69, 9.17) is 9.84 Å². The van der Waals surface area contributed by atoms with Crippen LogP contribution in [0.3, 0.4) is 0 Å². The normalized spacial score (nSPS) is 10.4. The number of benzene rings is 1. The second kappa shape index (κ2) is 5.51. The lowest BCUT2D eigenvalue weighted by Crippen LogP contribution is -2.04. The van der Waals surface area contributed by atoms with E-state index in [-0.39, 0.29) is 5.69 Å². The topological polar surface area (TPSA) is 77.2 Å². The molecule has 6 nitrogen and oxygen atoms in total. The van der Waals surface area contributed by atoms with Crippen molar-refractivity contribution >= 4 is 5.97 Å². The van der Waals surface area contributed by atoms with Crippen LogP contribution in [-0.2, 0) is 6.54 Å². The molecule has 1 heterocycles. The van der Waals surface area contributed by atoms with Crippen molar-refractivity contribution in [1.82, 2.24) is 15.0 Å². The fourth-order valence-electron chi connectivity index (χ4n) is 1.86. The molecule has 0 unspecified atom stereocenters. The Kier molecular flexibility index (Phi) is 3.79. The van der Waals surface area contributed by atoms with Gasteiger partial charge < -0.3 is 9.84 Å². The predicted octanol–water partition coefficient (Wildman–Crippen LogP) is 2.06. The molecule has 1 N–H and O–H groups in total. The number of nitrogens with zero attached hydrogens (tertiary/aromatic N) is 3. The standard InChI is InChI=1S/C13H15N3O3/c1-3-8-16-12(11(13(17)18)14-15-16)9-4-6-10(19-2)7-5-9/h4-7H,3,8H2,1-2H3,(H,17,18). The second-order valence-corrected chi connectivity index (χ2v) is 4.04. The first kappa shape index (κ1) is 13.1. The van der Waals surface area contributed by atoms with Crippen LogP contribution in [0.2, 0.25) is 0 Å². The van der Waals surface area contributed by atoms with Crippen LogP contribution >= 0.6 is 0 Å². The smallest absolute Gasteiger partial charge is 0.358 e. The van der Waals surface area contributed by atoms with Gasteiger partial charge >= 0.3 is 5.97 Å². The monoisotopic (exact) mass is 261 g/mol. The molecule has 100 valence electrons. The van der Waals surface area contributed by atoms with Crippen molar-refractivity contribution in [2.75, 3.05) is 7.11 Å². The summed E-state index contributed by atoms with van der Waals surface area (Å²) in [7, 11) is 1.58. The minimum Gasteiger partial charge on any atom is -0.497 e. The summed E-state index contributed by atoms with van der Waals surface area (Å²) in [5.41, 5.74) is 1.26. The summed E-state index contributed by atoms with van der Waals surface area (Å²) in [6.45, 7) is 2.63. The van der Waals surface area contributed by atoms with Crippen LogP contribution in [0, 0.1) is 0 Å². The number of carbonyl (C=O) groups is 1. The number of aromatic nitrogens is 3. The van der Waals surface area contributed by atoms with E-state index in [1.165, 1.54) is 0 Å². The molecule has 0 aliphatic carbocycles. The van der Waals surface area contributed by atoms with Gasteiger partial charge in [-0.1, -0.05) is 12.1 Å². The van der Waals surface area contributed by atoms with Gasteiger partial charge in [0.1, 0.15) is 11.4 Å². The van der Waals surface area contributed by atoms with E-state index in [1.54, 1.807) is 36.1 Å². The number of carboxylic acids is 1. The van der Waals surface area contributed by atoms with Gasteiger partial charge in [-0.05, 0) is 30.7 Å². The molecular formula is C13H15N3O3. The predicted molar refractivity (Wildman–Crippen MR) is 69.3 cm³/mol. The molecule has 0 saturated carbocycles. The zero-order valence-corrected chi connectivity index (χ0v) is 10.8. The Balaban J connectivity index is 2.50. The van der Waals surface area contributed by atoms with Crippen LogP contribution in [0.1, 0.15) is 23.8 Å². The Morgan fingerprint density at radius 2 is 2.05 bits per heavy atom. The number of aromatic carboxylic acids is 1. The largest absolute Gasteiger partial charge is 0.497 e. The Morgan fingerprint density at radius 1 is 1.37 bits per heavy atom. The average molecular weight is 261 g/mol. The van der Waals surface area contributed by atoms with E-state index in [2.05, 4.69) is 10.3 Å². The van der Waals surface area contributed by atoms with Gasteiger partial charge in [-0.3, -0.25) is 0 Å². The maximum Gasteiger partial charge on any atom is 0.358 e. The van der Waals surface area contributed by atoms with E-state index < -0.39 is 5.97 Å². The van der Waals surface area contributed by atoms with Crippen LogP contribution in [0.25, 0.3) is 11.3 Å². The lowest BCUT2D eigenvalue weighted by atomic mass is 10.1. The van der Waals surface area contributed by atoms with Crippen molar-refractivity contribution in [2.45, 2.75) is 19.9 Å². The van der Waals surface area contributed by atoms with Crippen molar-refractivity contribution in [3.63, 3.8) is 0 Å². The molecule has 19 heavy (non-hydrogen) atoms. The lowest BCUT2D eigenvalue weighted by Gasteiger charge is -2.07. The Bertz CT molecular complexity index is 575. The van der Waals surface area contributed by atoms with Gasteiger partial charge in [-0.15, -0.1) is 5.10 Å². The van der Waals surface area contributed by atoms with Gasteiger partial charge in [-0.2, -0.15) is 0 Å². The van der Waals surface area contributed by atoms with Crippen LogP contribution in [0.4, 0.5) is 0 Å². The highest BCUT2D eigenvalue weighted by molar-refractivity contribution is 5.92. The number of carboxylic acid groups (broad SMARTS) is 1. The molecule has 0 atom stereocenters. The third kappa shape index (κ3) is 2.57. The first-order valence-electron chi connectivity index (χ1n) is 5.98. The average Bonchev–Trinajstić information content (AvgIpc) is 2.83. The van der Waals surface area contributed by atoms with E-state index in [1.807, 2.05) is 6.92 Å². The number of rotatable bonds is 5. The number of hydrogen-bond acceptors (Lipinski definition) is 4. The molecule has 2 rings (SSSR count). The molecule has 0 saturated heterocycles. The van der Waals surface area contributed by atoms with Gasteiger partial charge in [0.05, 0.1) is 7.11 Å². The fraction of sp³-hybridized carbons (Fsp3) is 0.308. The second-order valence-electron chi connectivity index (χ2n) is 4.04. The summed E-state index contributed by atoms with van der Waals surface area (Å²) in [4.78, 5) is 11.2. The maximum absolute atomic E-state index is 11.2. The third-order valence-corrected chi connectivity index (χ3v) is 2.74.